The van der Waals surface area contributed by atoms with Crippen molar-refractivity contribution in [3.63, 3.8) is 0 Å². The van der Waals surface area contributed by atoms with Crippen molar-refractivity contribution in [3.8, 4) is 44.5 Å². The van der Waals surface area contributed by atoms with Crippen molar-refractivity contribution in [2.75, 3.05) is 0 Å². The third-order valence-electron chi connectivity index (χ3n) is 10.8. The summed E-state index contributed by atoms with van der Waals surface area (Å²) in [5.41, 5.74) is 15.3. The van der Waals surface area contributed by atoms with Crippen molar-refractivity contribution in [1.29, 1.82) is 0 Å². The van der Waals surface area contributed by atoms with Gasteiger partial charge in [-0.1, -0.05) is 182 Å². The van der Waals surface area contributed by atoms with E-state index in [1.165, 1.54) is 72.0 Å². The number of hydrogen-bond donors (Lipinski definition) is 0. The minimum atomic E-state index is 0.0423. The number of para-hydroxylation sites is 1. The summed E-state index contributed by atoms with van der Waals surface area (Å²) in [7, 11) is 0. The van der Waals surface area contributed by atoms with Gasteiger partial charge in [-0.25, -0.2) is 0 Å². The van der Waals surface area contributed by atoms with Gasteiger partial charge in [-0.05, 0) is 102 Å². The normalized spacial score (nSPS) is 12.0. The average molecular weight is 689 g/mol. The Hall–Kier alpha value is -6.96. The molecule has 0 N–H and O–H groups in total. The van der Waals surface area contributed by atoms with Gasteiger partial charge in [-0.15, -0.1) is 0 Å². The molecule has 1 heterocycles. The smallest absolute Gasteiger partial charge is 0.135 e. The number of fused-ring (bicyclic) bond motifs is 4. The summed E-state index contributed by atoms with van der Waals surface area (Å²) >= 11 is 0. The molecule has 254 valence electrons. The lowest BCUT2D eigenvalue weighted by molar-refractivity contribution is 0.669. The topological polar surface area (TPSA) is 13.1 Å². The summed E-state index contributed by atoms with van der Waals surface area (Å²) in [4.78, 5) is 0. The highest BCUT2D eigenvalue weighted by Crippen LogP contribution is 2.40. The number of rotatable bonds is 7. The molecule has 0 spiro atoms. The Labute approximate surface area is 315 Å². The summed E-state index contributed by atoms with van der Waals surface area (Å²) in [6.07, 6.45) is 0. The zero-order valence-electron chi connectivity index (χ0n) is 29.7. The SMILES string of the molecule is c1ccc(-c2cccc(-c3ccc(C(c4cccc(-c5cccc(-c6ccc7oc8ccccc8c7c6)c5)c4)c4cccc5ccccc45)cc3)c2)cc1. The average Bonchev–Trinajstić information content (AvgIpc) is 3.63. The summed E-state index contributed by atoms with van der Waals surface area (Å²) in [6.45, 7) is 0. The van der Waals surface area contributed by atoms with Crippen molar-refractivity contribution >= 4 is 32.7 Å². The Morgan fingerprint density at radius 1 is 0.278 bits per heavy atom. The molecule has 0 aliphatic rings. The highest BCUT2D eigenvalue weighted by molar-refractivity contribution is 6.06. The van der Waals surface area contributed by atoms with Crippen molar-refractivity contribution in [2.24, 2.45) is 0 Å². The van der Waals surface area contributed by atoms with Crippen LogP contribution in [0.1, 0.15) is 22.6 Å². The van der Waals surface area contributed by atoms with Crippen LogP contribution >= 0.6 is 0 Å². The van der Waals surface area contributed by atoms with Gasteiger partial charge in [-0.2, -0.15) is 0 Å². The van der Waals surface area contributed by atoms with Crippen LogP contribution in [0.4, 0.5) is 0 Å². The molecule has 0 fully saturated rings. The van der Waals surface area contributed by atoms with Gasteiger partial charge in [-0.3, -0.25) is 0 Å². The third-order valence-corrected chi connectivity index (χ3v) is 10.8. The Balaban J connectivity index is 1.05. The molecule has 1 heteroatoms. The van der Waals surface area contributed by atoms with E-state index >= 15 is 0 Å². The number of hydrogen-bond acceptors (Lipinski definition) is 1. The summed E-state index contributed by atoms with van der Waals surface area (Å²) < 4.78 is 6.12. The minimum Gasteiger partial charge on any atom is -0.456 e. The number of furan rings is 1. The Morgan fingerprint density at radius 2 is 0.778 bits per heavy atom. The molecule has 0 bridgehead atoms. The van der Waals surface area contributed by atoms with Crippen LogP contribution in [-0.4, -0.2) is 0 Å². The molecule has 1 atom stereocenters. The fourth-order valence-corrected chi connectivity index (χ4v) is 8.11. The van der Waals surface area contributed by atoms with Crippen molar-refractivity contribution < 1.29 is 4.42 Å². The maximum atomic E-state index is 6.12. The third kappa shape index (κ3) is 5.87. The second kappa shape index (κ2) is 13.5. The van der Waals surface area contributed by atoms with Crippen LogP contribution in [0.5, 0.6) is 0 Å². The van der Waals surface area contributed by atoms with Crippen molar-refractivity contribution in [2.45, 2.75) is 5.92 Å². The van der Waals surface area contributed by atoms with Gasteiger partial charge in [0.1, 0.15) is 11.2 Å². The molecule has 0 saturated carbocycles. The highest BCUT2D eigenvalue weighted by Gasteiger charge is 2.20. The quantitative estimate of drug-likeness (QED) is 0.152. The Morgan fingerprint density at radius 3 is 1.54 bits per heavy atom. The van der Waals surface area contributed by atoms with E-state index in [0.717, 1.165) is 21.9 Å². The van der Waals surface area contributed by atoms with Gasteiger partial charge < -0.3 is 4.42 Å². The molecular formula is C53H36O. The van der Waals surface area contributed by atoms with E-state index in [9.17, 15) is 0 Å². The summed E-state index contributed by atoms with van der Waals surface area (Å²) in [6, 6.07) is 76.9. The largest absolute Gasteiger partial charge is 0.456 e. The van der Waals surface area contributed by atoms with E-state index in [-0.39, 0.29) is 5.92 Å². The van der Waals surface area contributed by atoms with Crippen LogP contribution in [0.25, 0.3) is 77.2 Å². The van der Waals surface area contributed by atoms with Crippen LogP contribution < -0.4 is 0 Å². The molecule has 0 radical (unpaired) electrons. The van der Waals surface area contributed by atoms with Gasteiger partial charge in [0.25, 0.3) is 0 Å². The van der Waals surface area contributed by atoms with Crippen LogP contribution in [0.15, 0.2) is 217 Å². The first-order chi connectivity index (χ1) is 26.7. The summed E-state index contributed by atoms with van der Waals surface area (Å²) in [5.74, 6) is 0.0423. The minimum absolute atomic E-state index is 0.0423. The van der Waals surface area contributed by atoms with Gasteiger partial charge in [0.15, 0.2) is 0 Å². The standard InChI is InChI=1S/C53H36O/c1-2-12-36(13-3-1)40-16-8-17-41(32-40)37-26-28-39(29-27-37)53(49-24-11-15-38-14-4-5-22-47(38)49)46-21-10-20-44(34-46)42-18-9-19-43(33-42)45-30-31-52-50(35-45)48-23-6-7-25-51(48)54-52/h1-35,53H. The molecule has 0 amide bonds. The highest BCUT2D eigenvalue weighted by atomic mass is 16.3. The molecule has 10 rings (SSSR count). The van der Waals surface area contributed by atoms with E-state index in [0.29, 0.717) is 0 Å². The fourth-order valence-electron chi connectivity index (χ4n) is 8.11. The second-order valence-electron chi connectivity index (χ2n) is 14.1. The predicted molar refractivity (Wildman–Crippen MR) is 227 cm³/mol. The van der Waals surface area contributed by atoms with Crippen LogP contribution in [0.3, 0.4) is 0 Å². The maximum Gasteiger partial charge on any atom is 0.135 e. The molecule has 9 aromatic carbocycles. The van der Waals surface area contributed by atoms with Gasteiger partial charge in [0.2, 0.25) is 0 Å². The lowest BCUT2D eigenvalue weighted by Crippen LogP contribution is -2.04. The maximum absolute atomic E-state index is 6.12. The van der Waals surface area contributed by atoms with Crippen LogP contribution in [-0.2, 0) is 0 Å². The Kier molecular flexibility index (Phi) is 7.96. The lowest BCUT2D eigenvalue weighted by atomic mass is 9.81. The first-order valence-corrected chi connectivity index (χ1v) is 18.6. The second-order valence-corrected chi connectivity index (χ2v) is 14.1. The molecule has 0 aliphatic heterocycles. The first kappa shape index (κ1) is 31.7. The first-order valence-electron chi connectivity index (χ1n) is 18.6. The monoisotopic (exact) mass is 688 g/mol. The van der Waals surface area contributed by atoms with Gasteiger partial charge in [0, 0.05) is 16.7 Å². The summed E-state index contributed by atoms with van der Waals surface area (Å²) in [5, 5.41) is 4.81. The number of benzene rings is 9. The van der Waals surface area contributed by atoms with E-state index in [4.69, 9.17) is 4.42 Å². The van der Waals surface area contributed by atoms with E-state index in [2.05, 4.69) is 200 Å². The van der Waals surface area contributed by atoms with Gasteiger partial charge in [0.05, 0.1) is 0 Å². The van der Waals surface area contributed by atoms with E-state index in [1.807, 2.05) is 12.1 Å². The molecule has 0 saturated heterocycles. The predicted octanol–water partition coefficient (Wildman–Crippen LogP) is 14.6. The zero-order valence-corrected chi connectivity index (χ0v) is 29.7. The fraction of sp³-hybridized carbons (Fsp3) is 0.0189. The molecular weight excluding hydrogens is 653 g/mol. The molecule has 54 heavy (non-hydrogen) atoms. The molecule has 10 aromatic rings. The molecule has 0 aliphatic carbocycles. The van der Waals surface area contributed by atoms with Crippen molar-refractivity contribution in [1.82, 2.24) is 0 Å². The zero-order chi connectivity index (χ0) is 35.8. The van der Waals surface area contributed by atoms with Gasteiger partial charge >= 0.3 is 0 Å². The van der Waals surface area contributed by atoms with Crippen LogP contribution in [0.2, 0.25) is 0 Å². The lowest BCUT2D eigenvalue weighted by Gasteiger charge is -2.22. The Bertz CT molecular complexity index is 2930. The van der Waals surface area contributed by atoms with Crippen molar-refractivity contribution in [3.05, 3.63) is 229 Å². The van der Waals surface area contributed by atoms with Crippen LogP contribution in [0, 0.1) is 0 Å². The van der Waals surface area contributed by atoms with E-state index < -0.39 is 0 Å². The molecule has 1 nitrogen and oxygen atoms in total. The van der Waals surface area contributed by atoms with E-state index in [1.54, 1.807) is 0 Å². The molecule has 1 unspecified atom stereocenters. The molecule has 1 aromatic heterocycles.